The van der Waals surface area contributed by atoms with Gasteiger partial charge < -0.3 is 5.32 Å². The van der Waals surface area contributed by atoms with E-state index in [0.717, 1.165) is 22.5 Å². The fourth-order valence-electron chi connectivity index (χ4n) is 2.54. The van der Waals surface area contributed by atoms with E-state index in [0.29, 0.717) is 0 Å². The van der Waals surface area contributed by atoms with E-state index in [2.05, 4.69) is 16.2 Å². The van der Waals surface area contributed by atoms with Crippen LogP contribution in [-0.4, -0.2) is 19.4 Å². The number of hydrazine groups is 1. The fraction of sp³-hybridized carbons (Fsp3) is 0. The molecule has 0 fully saturated rings. The molecule has 0 spiro atoms. The number of rotatable bonds is 3. The van der Waals surface area contributed by atoms with Crippen molar-refractivity contribution in [3.8, 4) is 0 Å². The number of primary sulfonamides is 1. The predicted octanol–water partition coefficient (Wildman–Crippen LogP) is 2.77. The van der Waals surface area contributed by atoms with E-state index >= 15 is 0 Å². The third kappa shape index (κ3) is 4.57. The zero-order chi connectivity index (χ0) is 20.3. The molecule has 0 bridgehead atoms. The van der Waals surface area contributed by atoms with Gasteiger partial charge in [0.25, 0.3) is 5.91 Å². The van der Waals surface area contributed by atoms with E-state index in [1.165, 1.54) is 12.1 Å². The quantitative estimate of drug-likeness (QED) is 0.372. The van der Waals surface area contributed by atoms with Gasteiger partial charge in [-0.3, -0.25) is 15.6 Å². The number of nitrogens with two attached hydrogens (primary N) is 1. The van der Waals surface area contributed by atoms with Crippen molar-refractivity contribution in [2.24, 2.45) is 5.14 Å². The number of carbonyl (C=O) groups excluding carboxylic acids is 1. The summed E-state index contributed by atoms with van der Waals surface area (Å²) in [5, 5.41) is 10.2. The Labute approximate surface area is 171 Å². The van der Waals surface area contributed by atoms with Crippen molar-refractivity contribution in [1.82, 2.24) is 10.9 Å². The first-order chi connectivity index (χ1) is 13.3. The number of amides is 1. The number of carbonyl (C=O) groups is 1. The summed E-state index contributed by atoms with van der Waals surface area (Å²) in [6.07, 6.45) is 0. The van der Waals surface area contributed by atoms with Crippen LogP contribution in [0.25, 0.3) is 10.8 Å². The van der Waals surface area contributed by atoms with Gasteiger partial charge in [-0.25, -0.2) is 13.6 Å². The normalized spacial score (nSPS) is 11.1. The van der Waals surface area contributed by atoms with Crippen molar-refractivity contribution < 1.29 is 13.2 Å². The van der Waals surface area contributed by atoms with Gasteiger partial charge in [0, 0.05) is 16.6 Å². The second kappa shape index (κ2) is 8.11. The molecule has 0 aliphatic rings. The Hall–Kier alpha value is -2.72. The van der Waals surface area contributed by atoms with Crippen molar-refractivity contribution in [1.29, 1.82) is 0 Å². The first-order valence-electron chi connectivity index (χ1n) is 7.93. The van der Waals surface area contributed by atoms with Gasteiger partial charge in [0.15, 0.2) is 5.11 Å². The van der Waals surface area contributed by atoms with Crippen LogP contribution < -0.4 is 21.3 Å². The molecule has 5 N–H and O–H groups in total. The molecule has 7 nitrogen and oxygen atoms in total. The Morgan fingerprint density at radius 3 is 2.46 bits per heavy atom. The average Bonchev–Trinajstić information content (AvgIpc) is 2.66. The van der Waals surface area contributed by atoms with Crippen LogP contribution in [0.4, 0.5) is 5.69 Å². The molecule has 3 rings (SSSR count). The maximum absolute atomic E-state index is 12.3. The molecule has 0 saturated heterocycles. The molecule has 3 aromatic carbocycles. The number of halogens is 1. The van der Waals surface area contributed by atoms with Gasteiger partial charge in [-0.1, -0.05) is 48.0 Å². The Bertz CT molecular complexity index is 1180. The summed E-state index contributed by atoms with van der Waals surface area (Å²) in [7, 11) is -4.05. The molecule has 0 aromatic heterocycles. The van der Waals surface area contributed by atoms with E-state index in [1.54, 1.807) is 0 Å². The van der Waals surface area contributed by atoms with Crippen molar-refractivity contribution in [2.75, 3.05) is 5.32 Å². The number of fused-ring (bicyclic) bond motifs is 1. The summed E-state index contributed by atoms with van der Waals surface area (Å²) < 4.78 is 23.0. The van der Waals surface area contributed by atoms with E-state index in [9.17, 15) is 13.2 Å². The summed E-state index contributed by atoms with van der Waals surface area (Å²) in [6.45, 7) is 0. The van der Waals surface area contributed by atoms with Gasteiger partial charge in [-0.15, -0.1) is 0 Å². The summed E-state index contributed by atoms with van der Waals surface area (Å²) in [5.41, 5.74) is 5.79. The number of hydrogen-bond acceptors (Lipinski definition) is 4. The highest BCUT2D eigenvalue weighted by Crippen LogP contribution is 2.23. The number of thiocarbonyl (C=S) groups is 1. The number of anilines is 1. The van der Waals surface area contributed by atoms with Crippen molar-refractivity contribution in [3.63, 3.8) is 0 Å². The zero-order valence-electron chi connectivity index (χ0n) is 14.3. The van der Waals surface area contributed by atoms with E-state index in [1.807, 2.05) is 42.5 Å². The number of sulfonamides is 1. The highest BCUT2D eigenvalue weighted by Gasteiger charge is 2.16. The van der Waals surface area contributed by atoms with Crippen LogP contribution in [0.15, 0.2) is 65.6 Å². The molecule has 144 valence electrons. The minimum atomic E-state index is -4.05. The lowest BCUT2D eigenvalue weighted by Crippen LogP contribution is -2.43. The summed E-state index contributed by atoms with van der Waals surface area (Å²) in [6, 6.07) is 17.2. The van der Waals surface area contributed by atoms with Gasteiger partial charge in [-0.05, 0) is 41.9 Å². The molecular weight excluding hydrogens is 420 g/mol. The van der Waals surface area contributed by atoms with Crippen LogP contribution in [0.1, 0.15) is 10.4 Å². The summed E-state index contributed by atoms with van der Waals surface area (Å²) in [4.78, 5) is 11.9. The van der Waals surface area contributed by atoms with Crippen LogP contribution in [0.2, 0.25) is 5.02 Å². The predicted molar refractivity (Wildman–Crippen MR) is 114 cm³/mol. The molecule has 0 radical (unpaired) electrons. The second-order valence-corrected chi connectivity index (χ2v) is 8.10. The number of nitrogens with one attached hydrogen (secondary N) is 3. The number of benzene rings is 3. The van der Waals surface area contributed by atoms with Crippen LogP contribution >= 0.6 is 23.8 Å². The monoisotopic (exact) mass is 434 g/mol. The van der Waals surface area contributed by atoms with Crippen LogP contribution in [0.3, 0.4) is 0 Å². The van der Waals surface area contributed by atoms with E-state index in [4.69, 9.17) is 29.0 Å². The van der Waals surface area contributed by atoms with Gasteiger partial charge in [-0.2, -0.15) is 0 Å². The highest BCUT2D eigenvalue weighted by molar-refractivity contribution is 7.89. The smallest absolute Gasteiger partial charge is 0.269 e. The first-order valence-corrected chi connectivity index (χ1v) is 10.3. The Balaban J connectivity index is 1.69. The van der Waals surface area contributed by atoms with E-state index < -0.39 is 15.9 Å². The Morgan fingerprint density at radius 2 is 1.71 bits per heavy atom. The standard InChI is InChI=1S/C18H15ClN4O3S2/c19-14-9-8-12(10-16(14)28(20,25)26)17(24)22-23-18(27)21-15-7-3-5-11-4-1-2-6-13(11)15/h1-10H,(H,22,24)(H2,20,25,26)(H2,21,23,27). The third-order valence-electron chi connectivity index (χ3n) is 3.83. The minimum absolute atomic E-state index is 0.0499. The maximum atomic E-state index is 12.3. The first kappa shape index (κ1) is 20.0. The molecule has 3 aromatic rings. The summed E-state index contributed by atoms with van der Waals surface area (Å²) in [5.74, 6) is -0.608. The highest BCUT2D eigenvalue weighted by atomic mass is 35.5. The zero-order valence-corrected chi connectivity index (χ0v) is 16.7. The fourth-order valence-corrected chi connectivity index (χ4v) is 3.77. The molecule has 0 atom stereocenters. The van der Waals surface area contributed by atoms with Crippen molar-refractivity contribution in [3.05, 3.63) is 71.2 Å². The lowest BCUT2D eigenvalue weighted by atomic mass is 10.1. The van der Waals surface area contributed by atoms with Gasteiger partial charge in [0.2, 0.25) is 10.0 Å². The van der Waals surface area contributed by atoms with Crippen molar-refractivity contribution >= 4 is 61.3 Å². The summed E-state index contributed by atoms with van der Waals surface area (Å²) >= 11 is 11.0. The molecule has 0 unspecified atom stereocenters. The molecule has 28 heavy (non-hydrogen) atoms. The Kier molecular flexibility index (Phi) is 5.80. The SMILES string of the molecule is NS(=O)(=O)c1cc(C(=O)NNC(=S)Nc2cccc3ccccc23)ccc1Cl. The topological polar surface area (TPSA) is 113 Å². The van der Waals surface area contributed by atoms with Gasteiger partial charge in [0.05, 0.1) is 5.02 Å². The lowest BCUT2D eigenvalue weighted by Gasteiger charge is -2.13. The largest absolute Gasteiger partial charge is 0.331 e. The Morgan fingerprint density at radius 1 is 1.00 bits per heavy atom. The average molecular weight is 435 g/mol. The van der Waals surface area contributed by atoms with E-state index in [-0.39, 0.29) is 20.6 Å². The van der Waals surface area contributed by atoms with Gasteiger partial charge in [0.1, 0.15) is 4.90 Å². The minimum Gasteiger partial charge on any atom is -0.331 e. The molecule has 0 saturated carbocycles. The van der Waals surface area contributed by atoms with Gasteiger partial charge >= 0.3 is 0 Å². The number of hydrogen-bond donors (Lipinski definition) is 4. The third-order valence-corrected chi connectivity index (χ3v) is 5.42. The van der Waals surface area contributed by atoms with Crippen molar-refractivity contribution in [2.45, 2.75) is 4.90 Å². The van der Waals surface area contributed by atoms with Crippen LogP contribution in [0.5, 0.6) is 0 Å². The molecule has 0 heterocycles. The molecular formula is C18H15ClN4O3S2. The van der Waals surface area contributed by atoms with Crippen LogP contribution in [0, 0.1) is 0 Å². The van der Waals surface area contributed by atoms with Crippen LogP contribution in [-0.2, 0) is 10.0 Å². The lowest BCUT2D eigenvalue weighted by molar-refractivity contribution is 0.0944. The molecule has 10 heteroatoms. The second-order valence-electron chi connectivity index (χ2n) is 5.75. The maximum Gasteiger partial charge on any atom is 0.269 e. The molecule has 0 aliphatic carbocycles. The molecule has 0 aliphatic heterocycles. The molecule has 1 amide bonds.